The number of nitrogens with zero attached hydrogens (tertiary/aromatic N) is 1. The molecule has 0 bridgehead atoms. The lowest BCUT2D eigenvalue weighted by Crippen LogP contribution is -2.24. The maximum absolute atomic E-state index is 11.3. The van der Waals surface area contributed by atoms with Gasteiger partial charge in [0, 0.05) is 24.4 Å². The summed E-state index contributed by atoms with van der Waals surface area (Å²) < 4.78 is 12.0. The van der Waals surface area contributed by atoms with Crippen LogP contribution in [0.15, 0.2) is 55.1 Å². The molecule has 4 rings (SSSR count). The highest BCUT2D eigenvalue weighted by Crippen LogP contribution is 2.30. The number of ether oxygens (including phenoxy) is 2. The monoisotopic (exact) mass is 408 g/mol. The Bertz CT molecular complexity index is 875. The van der Waals surface area contributed by atoms with Crippen molar-refractivity contribution in [3.8, 4) is 11.5 Å². The molecule has 6 nitrogen and oxygen atoms in total. The number of aliphatic hydroxyl groups excluding tert-OH is 1. The van der Waals surface area contributed by atoms with Gasteiger partial charge in [0.1, 0.15) is 24.2 Å². The third-order valence-corrected chi connectivity index (χ3v) is 5.47. The van der Waals surface area contributed by atoms with Crippen LogP contribution < -0.4 is 19.7 Å². The van der Waals surface area contributed by atoms with Gasteiger partial charge >= 0.3 is 0 Å². The number of nitrogens with one attached hydrogen (secondary N) is 1. The average Bonchev–Trinajstić information content (AvgIpc) is 3.49. The summed E-state index contributed by atoms with van der Waals surface area (Å²) in [6.45, 7) is 5.88. The Hall–Kier alpha value is -2.99. The van der Waals surface area contributed by atoms with E-state index in [1.165, 1.54) is 18.5 Å². The predicted octanol–water partition coefficient (Wildman–Crippen LogP) is 3.21. The molecule has 1 aliphatic carbocycles. The van der Waals surface area contributed by atoms with Crippen molar-refractivity contribution in [3.63, 3.8) is 0 Å². The minimum Gasteiger partial charge on any atom is -0.493 e. The molecule has 0 radical (unpaired) electrons. The van der Waals surface area contributed by atoms with E-state index in [0.717, 1.165) is 49.1 Å². The Morgan fingerprint density at radius 3 is 2.43 bits per heavy atom. The van der Waals surface area contributed by atoms with Crippen molar-refractivity contribution in [2.24, 2.45) is 5.92 Å². The molecule has 1 heterocycles. The Kier molecular flexibility index (Phi) is 6.23. The first kappa shape index (κ1) is 20.3. The van der Waals surface area contributed by atoms with Crippen LogP contribution in [0.3, 0.4) is 0 Å². The number of carbonyl (C=O) groups excluding carboxylic acids is 1. The Morgan fingerprint density at radius 1 is 1.07 bits per heavy atom. The van der Waals surface area contributed by atoms with Crippen LogP contribution in [-0.2, 0) is 4.79 Å². The summed E-state index contributed by atoms with van der Waals surface area (Å²) in [5.74, 6) is 2.01. The van der Waals surface area contributed by atoms with Crippen LogP contribution in [0.4, 0.5) is 5.69 Å². The van der Waals surface area contributed by atoms with E-state index in [-0.39, 0.29) is 6.10 Å². The van der Waals surface area contributed by atoms with Crippen LogP contribution in [0, 0.1) is 5.92 Å². The fourth-order valence-corrected chi connectivity index (χ4v) is 3.52. The summed E-state index contributed by atoms with van der Waals surface area (Å²) in [6, 6.07) is 15.8. The van der Waals surface area contributed by atoms with E-state index >= 15 is 0 Å². The standard InChI is InChI=1S/C24H28N2O4/c1-17(25-24(28)15-27)19-4-8-22(9-5-19)30-23-12-13-26(14-23)20-6-10-21(11-7-20)29-16-18-2-3-18/h4-11,18,23,27H,1-3,12-16H2,(H,25,28). The average molecular weight is 408 g/mol. The fourth-order valence-electron chi connectivity index (χ4n) is 3.52. The van der Waals surface area contributed by atoms with Crippen LogP contribution >= 0.6 is 0 Å². The van der Waals surface area contributed by atoms with Gasteiger partial charge in [0.05, 0.1) is 13.2 Å². The van der Waals surface area contributed by atoms with Gasteiger partial charge in [-0.25, -0.2) is 0 Å². The molecular weight excluding hydrogens is 380 g/mol. The lowest BCUT2D eigenvalue weighted by Gasteiger charge is -2.19. The van der Waals surface area contributed by atoms with E-state index < -0.39 is 12.5 Å². The molecule has 1 amide bonds. The Balaban J connectivity index is 1.27. The summed E-state index contributed by atoms with van der Waals surface area (Å²) in [6.07, 6.45) is 3.68. The molecule has 2 fully saturated rings. The smallest absolute Gasteiger partial charge is 0.250 e. The van der Waals surface area contributed by atoms with Gasteiger partial charge in [0.15, 0.2) is 0 Å². The minimum atomic E-state index is -0.561. The Morgan fingerprint density at radius 2 is 1.77 bits per heavy atom. The van der Waals surface area contributed by atoms with Gasteiger partial charge in [-0.15, -0.1) is 0 Å². The molecule has 30 heavy (non-hydrogen) atoms. The van der Waals surface area contributed by atoms with E-state index in [2.05, 4.69) is 28.9 Å². The summed E-state index contributed by atoms with van der Waals surface area (Å²) in [7, 11) is 0. The normalized spacial score (nSPS) is 18.2. The second-order valence-corrected chi connectivity index (χ2v) is 7.93. The van der Waals surface area contributed by atoms with Crippen LogP contribution in [0.5, 0.6) is 11.5 Å². The van der Waals surface area contributed by atoms with Crippen molar-refractivity contribution in [3.05, 3.63) is 60.7 Å². The highest BCUT2D eigenvalue weighted by atomic mass is 16.5. The van der Waals surface area contributed by atoms with E-state index in [1.807, 2.05) is 36.4 Å². The van der Waals surface area contributed by atoms with Crippen LogP contribution in [0.1, 0.15) is 24.8 Å². The number of anilines is 1. The minimum absolute atomic E-state index is 0.124. The lowest BCUT2D eigenvalue weighted by atomic mass is 10.1. The van der Waals surface area contributed by atoms with Gasteiger partial charge in [0.2, 0.25) is 5.91 Å². The number of amides is 1. The van der Waals surface area contributed by atoms with Crippen LogP contribution in [0.2, 0.25) is 0 Å². The number of aliphatic hydroxyl groups is 1. The molecule has 2 aromatic carbocycles. The number of hydrogen-bond acceptors (Lipinski definition) is 5. The van der Waals surface area contributed by atoms with Crippen molar-refractivity contribution >= 4 is 17.3 Å². The van der Waals surface area contributed by atoms with E-state index in [4.69, 9.17) is 14.6 Å². The van der Waals surface area contributed by atoms with Gasteiger partial charge in [-0.1, -0.05) is 6.58 Å². The van der Waals surface area contributed by atoms with Crippen LogP contribution in [-0.4, -0.2) is 43.4 Å². The second-order valence-electron chi connectivity index (χ2n) is 7.93. The zero-order valence-corrected chi connectivity index (χ0v) is 17.0. The number of benzene rings is 2. The quantitative estimate of drug-likeness (QED) is 0.667. The maximum atomic E-state index is 11.3. The molecule has 1 saturated carbocycles. The van der Waals surface area contributed by atoms with E-state index in [9.17, 15) is 4.79 Å². The van der Waals surface area contributed by atoms with Gasteiger partial charge in [-0.2, -0.15) is 0 Å². The zero-order chi connectivity index (χ0) is 20.9. The first-order valence-electron chi connectivity index (χ1n) is 10.5. The maximum Gasteiger partial charge on any atom is 0.250 e. The molecule has 2 aliphatic rings. The molecule has 6 heteroatoms. The number of carbonyl (C=O) groups is 1. The van der Waals surface area contributed by atoms with Gasteiger partial charge in [-0.3, -0.25) is 4.79 Å². The lowest BCUT2D eigenvalue weighted by molar-refractivity contribution is -0.122. The van der Waals surface area contributed by atoms with Crippen molar-refractivity contribution in [2.75, 3.05) is 31.2 Å². The van der Waals surface area contributed by atoms with Crippen molar-refractivity contribution in [2.45, 2.75) is 25.4 Å². The molecule has 2 aromatic rings. The molecule has 1 aliphatic heterocycles. The largest absolute Gasteiger partial charge is 0.493 e. The summed E-state index contributed by atoms with van der Waals surface area (Å²) >= 11 is 0. The predicted molar refractivity (Wildman–Crippen MR) is 117 cm³/mol. The van der Waals surface area contributed by atoms with Gasteiger partial charge < -0.3 is 24.8 Å². The van der Waals surface area contributed by atoms with Crippen molar-refractivity contribution in [1.82, 2.24) is 5.32 Å². The fraction of sp³-hybridized carbons (Fsp3) is 0.375. The van der Waals surface area contributed by atoms with Gasteiger partial charge in [-0.05, 0) is 72.9 Å². The molecule has 0 aromatic heterocycles. The molecular formula is C24H28N2O4. The topological polar surface area (TPSA) is 71.0 Å². The highest BCUT2D eigenvalue weighted by Gasteiger charge is 2.25. The van der Waals surface area contributed by atoms with E-state index in [1.54, 1.807) is 0 Å². The second kappa shape index (κ2) is 9.22. The van der Waals surface area contributed by atoms with E-state index in [0.29, 0.717) is 5.70 Å². The van der Waals surface area contributed by atoms with Crippen molar-refractivity contribution < 1.29 is 19.4 Å². The van der Waals surface area contributed by atoms with Crippen molar-refractivity contribution in [1.29, 1.82) is 0 Å². The number of rotatable bonds is 9. The zero-order valence-electron chi connectivity index (χ0n) is 17.0. The number of hydrogen-bond donors (Lipinski definition) is 2. The summed E-state index contributed by atoms with van der Waals surface area (Å²) in [5, 5.41) is 11.4. The third kappa shape index (κ3) is 5.33. The molecule has 158 valence electrons. The first-order valence-corrected chi connectivity index (χ1v) is 10.5. The highest BCUT2D eigenvalue weighted by molar-refractivity contribution is 5.86. The van der Waals surface area contributed by atoms with Crippen LogP contribution in [0.25, 0.3) is 5.70 Å². The molecule has 1 saturated heterocycles. The summed E-state index contributed by atoms with van der Waals surface area (Å²) in [4.78, 5) is 13.6. The summed E-state index contributed by atoms with van der Waals surface area (Å²) in [5.41, 5.74) is 2.42. The molecule has 2 N–H and O–H groups in total. The molecule has 0 spiro atoms. The Labute approximate surface area is 177 Å². The SMILES string of the molecule is C=C(NC(=O)CO)c1ccc(OC2CCN(c3ccc(OCC4CC4)cc3)C2)cc1. The molecule has 1 atom stereocenters. The first-order chi connectivity index (χ1) is 14.6. The van der Waals surface area contributed by atoms with Gasteiger partial charge in [0.25, 0.3) is 0 Å². The molecule has 1 unspecified atom stereocenters. The third-order valence-electron chi connectivity index (χ3n) is 5.47.